The van der Waals surface area contributed by atoms with Crippen molar-refractivity contribution in [3.05, 3.63) is 44.7 Å². The molecule has 0 saturated heterocycles. The Morgan fingerprint density at radius 2 is 1.74 bits per heavy atom. The molecule has 1 aromatic carbocycles. The van der Waals surface area contributed by atoms with Crippen molar-refractivity contribution >= 4 is 46.7 Å². The van der Waals surface area contributed by atoms with Crippen LogP contribution in [0.15, 0.2) is 23.5 Å². The van der Waals surface area contributed by atoms with Crippen LogP contribution in [0, 0.1) is 6.92 Å². The molecule has 0 amide bonds. The number of hydrogen-bond donors (Lipinski definition) is 0. The molecule has 182 valence electrons. The lowest BCUT2D eigenvalue weighted by Gasteiger charge is -2.31. The summed E-state index contributed by atoms with van der Waals surface area (Å²) < 4.78 is 26.9. The fourth-order valence-corrected chi connectivity index (χ4v) is 4.10. The van der Waals surface area contributed by atoms with Crippen LogP contribution in [0.25, 0.3) is 0 Å². The van der Waals surface area contributed by atoms with E-state index >= 15 is 0 Å². The summed E-state index contributed by atoms with van der Waals surface area (Å²) in [5.74, 6) is -3.76. The van der Waals surface area contributed by atoms with Gasteiger partial charge in [-0.15, -0.1) is 0 Å². The molecule has 0 fully saturated rings. The van der Waals surface area contributed by atoms with Crippen molar-refractivity contribution in [2.45, 2.75) is 38.9 Å². The standard InChI is InChI=1S/C23H22Cl2O9/c1-10-16(24)18(32-9-14(27)33-22(2,3)4)15-19(17(10)25)34-23(20(15)28)12(21(29)31-6)7-11(26)8-13(23)30-5/h7-8H,9H2,1-6H3. The fourth-order valence-electron chi connectivity index (χ4n) is 3.58. The first-order valence-electron chi connectivity index (χ1n) is 9.99. The molecule has 1 aromatic rings. The highest BCUT2D eigenvalue weighted by molar-refractivity contribution is 6.40. The van der Waals surface area contributed by atoms with Gasteiger partial charge in [-0.25, -0.2) is 9.59 Å². The third-order valence-electron chi connectivity index (χ3n) is 4.98. The zero-order chi connectivity index (χ0) is 25.6. The van der Waals surface area contributed by atoms with Gasteiger partial charge in [-0.3, -0.25) is 9.59 Å². The van der Waals surface area contributed by atoms with Gasteiger partial charge in [0.2, 0.25) is 5.78 Å². The van der Waals surface area contributed by atoms with E-state index in [1.807, 2.05) is 0 Å². The number of benzene rings is 1. The molecule has 3 rings (SSSR count). The van der Waals surface area contributed by atoms with Gasteiger partial charge in [0, 0.05) is 12.2 Å². The first kappa shape index (κ1) is 25.6. The van der Waals surface area contributed by atoms with E-state index < -0.39 is 46.9 Å². The molecule has 2 aliphatic rings. The van der Waals surface area contributed by atoms with Crippen LogP contribution in [0.2, 0.25) is 10.0 Å². The molecule has 1 spiro atoms. The minimum absolute atomic E-state index is 0.0218. The maximum absolute atomic E-state index is 13.9. The number of halogens is 2. The SMILES string of the molecule is COC(=O)C1=CC(=O)C=C(OC)C12Oc1c(Cl)c(C)c(Cl)c(OCC(=O)OC(C)(C)C)c1C2=O. The van der Waals surface area contributed by atoms with Crippen LogP contribution >= 0.6 is 23.2 Å². The molecule has 1 atom stereocenters. The van der Waals surface area contributed by atoms with Crippen molar-refractivity contribution in [3.63, 3.8) is 0 Å². The van der Waals surface area contributed by atoms with Gasteiger partial charge in [-0.1, -0.05) is 23.2 Å². The number of rotatable bonds is 5. The van der Waals surface area contributed by atoms with Gasteiger partial charge in [0.05, 0.1) is 24.3 Å². The first-order chi connectivity index (χ1) is 15.8. The van der Waals surface area contributed by atoms with Gasteiger partial charge in [0.25, 0.3) is 5.60 Å². The monoisotopic (exact) mass is 512 g/mol. The number of esters is 2. The van der Waals surface area contributed by atoms with E-state index in [9.17, 15) is 19.2 Å². The number of fused-ring (bicyclic) bond motifs is 1. The minimum Gasteiger partial charge on any atom is -0.496 e. The Hall–Kier alpha value is -3.04. The summed E-state index contributed by atoms with van der Waals surface area (Å²) in [6, 6.07) is 0. The molecule has 1 aliphatic carbocycles. The number of ether oxygens (including phenoxy) is 5. The largest absolute Gasteiger partial charge is 0.496 e. The van der Waals surface area contributed by atoms with Crippen LogP contribution < -0.4 is 9.47 Å². The molecule has 9 nitrogen and oxygen atoms in total. The van der Waals surface area contributed by atoms with Gasteiger partial charge in [0.15, 0.2) is 29.6 Å². The van der Waals surface area contributed by atoms with E-state index in [4.69, 9.17) is 46.9 Å². The molecule has 1 heterocycles. The number of hydrogen-bond acceptors (Lipinski definition) is 9. The van der Waals surface area contributed by atoms with Crippen molar-refractivity contribution in [3.8, 4) is 11.5 Å². The number of ketones is 2. The molecule has 11 heteroatoms. The Labute approximate surface area is 205 Å². The zero-order valence-electron chi connectivity index (χ0n) is 19.3. The lowest BCUT2D eigenvalue weighted by molar-refractivity contribution is -0.157. The van der Waals surface area contributed by atoms with Crippen LogP contribution in [0.5, 0.6) is 11.5 Å². The Kier molecular flexibility index (Phi) is 6.74. The highest BCUT2D eigenvalue weighted by Gasteiger charge is 2.61. The maximum atomic E-state index is 13.9. The number of Topliss-reactive ketones (excluding diaryl/α,β-unsaturated/α-hetero) is 1. The molecule has 1 unspecified atom stereocenters. The van der Waals surface area contributed by atoms with Crippen LogP contribution in [0.3, 0.4) is 0 Å². The van der Waals surface area contributed by atoms with Crippen molar-refractivity contribution in [1.29, 1.82) is 0 Å². The summed E-state index contributed by atoms with van der Waals surface area (Å²) in [7, 11) is 2.29. The molecule has 0 saturated carbocycles. The Balaban J connectivity index is 2.17. The van der Waals surface area contributed by atoms with Crippen LogP contribution in [0.4, 0.5) is 0 Å². The predicted octanol–water partition coefficient (Wildman–Crippen LogP) is 3.55. The molecular weight excluding hydrogens is 491 g/mol. The average molecular weight is 513 g/mol. The Morgan fingerprint density at radius 1 is 1.09 bits per heavy atom. The molecule has 1 aliphatic heterocycles. The number of carbonyl (C=O) groups excluding carboxylic acids is 4. The summed E-state index contributed by atoms with van der Waals surface area (Å²) in [5, 5.41) is -0.0637. The smallest absolute Gasteiger partial charge is 0.344 e. The second-order valence-corrected chi connectivity index (χ2v) is 9.19. The molecule has 0 bridgehead atoms. The number of methoxy groups -OCH3 is 2. The summed E-state index contributed by atoms with van der Waals surface area (Å²) in [6.45, 7) is 6.04. The predicted molar refractivity (Wildman–Crippen MR) is 120 cm³/mol. The van der Waals surface area contributed by atoms with Gasteiger partial charge in [-0.2, -0.15) is 0 Å². The second kappa shape index (κ2) is 8.96. The highest BCUT2D eigenvalue weighted by Crippen LogP contribution is 2.54. The van der Waals surface area contributed by atoms with E-state index in [0.29, 0.717) is 5.56 Å². The van der Waals surface area contributed by atoms with E-state index in [2.05, 4.69) is 0 Å². The minimum atomic E-state index is -2.21. The van der Waals surface area contributed by atoms with Crippen LogP contribution in [-0.2, 0) is 28.6 Å². The lowest BCUT2D eigenvalue weighted by Crippen LogP contribution is -2.49. The van der Waals surface area contributed by atoms with E-state index in [0.717, 1.165) is 19.3 Å². The summed E-state index contributed by atoms with van der Waals surface area (Å²) >= 11 is 12.9. The number of carbonyl (C=O) groups is 4. The van der Waals surface area contributed by atoms with E-state index in [1.165, 1.54) is 7.11 Å². The van der Waals surface area contributed by atoms with Gasteiger partial charge in [-0.05, 0) is 33.3 Å². The van der Waals surface area contributed by atoms with Gasteiger partial charge >= 0.3 is 11.9 Å². The second-order valence-electron chi connectivity index (χ2n) is 8.44. The van der Waals surface area contributed by atoms with Crippen molar-refractivity contribution < 1.29 is 42.9 Å². The third-order valence-corrected chi connectivity index (χ3v) is 5.89. The van der Waals surface area contributed by atoms with Gasteiger partial charge < -0.3 is 23.7 Å². The van der Waals surface area contributed by atoms with Crippen molar-refractivity contribution in [1.82, 2.24) is 0 Å². The molecular formula is C23H22Cl2O9. The van der Waals surface area contributed by atoms with Crippen molar-refractivity contribution in [2.75, 3.05) is 20.8 Å². The van der Waals surface area contributed by atoms with E-state index in [1.54, 1.807) is 27.7 Å². The Bertz CT molecular complexity index is 1170. The molecule has 0 N–H and O–H groups in total. The fraction of sp³-hybridized carbons (Fsp3) is 0.391. The quantitative estimate of drug-likeness (QED) is 0.546. The van der Waals surface area contributed by atoms with Crippen LogP contribution in [-0.4, -0.2) is 55.5 Å². The average Bonchev–Trinajstić information content (AvgIpc) is 3.05. The Morgan fingerprint density at radius 3 is 2.29 bits per heavy atom. The topological polar surface area (TPSA) is 114 Å². The third kappa shape index (κ3) is 4.14. The van der Waals surface area contributed by atoms with Crippen molar-refractivity contribution in [2.24, 2.45) is 0 Å². The number of allylic oxidation sites excluding steroid dienone is 2. The summed E-state index contributed by atoms with van der Waals surface area (Å²) in [6.07, 6.45) is 1.93. The molecule has 0 aromatic heterocycles. The van der Waals surface area contributed by atoms with Gasteiger partial charge in [0.1, 0.15) is 16.7 Å². The first-order valence-corrected chi connectivity index (χ1v) is 10.7. The zero-order valence-corrected chi connectivity index (χ0v) is 20.8. The maximum Gasteiger partial charge on any atom is 0.344 e. The summed E-state index contributed by atoms with van der Waals surface area (Å²) in [4.78, 5) is 50.8. The molecule has 0 radical (unpaired) electrons. The van der Waals surface area contributed by atoms with E-state index in [-0.39, 0.29) is 32.9 Å². The van der Waals surface area contributed by atoms with Crippen LogP contribution in [0.1, 0.15) is 36.7 Å². The molecule has 34 heavy (non-hydrogen) atoms. The normalized spacial score (nSPS) is 19.2. The summed E-state index contributed by atoms with van der Waals surface area (Å²) in [5.41, 5.74) is -3.31. The highest BCUT2D eigenvalue weighted by atomic mass is 35.5. The lowest BCUT2D eigenvalue weighted by atomic mass is 9.81.